The maximum Gasteiger partial charge on any atom is 0.124 e. The second kappa shape index (κ2) is 9.91. The fourth-order valence-electron chi connectivity index (χ4n) is 3.19. The number of rotatable bonds is 11. The second-order valence-electron chi connectivity index (χ2n) is 7.30. The van der Waals surface area contributed by atoms with Gasteiger partial charge in [0.25, 0.3) is 0 Å². The average Bonchev–Trinajstić information content (AvgIpc) is 2.55. The molecule has 1 aliphatic rings. The van der Waals surface area contributed by atoms with Gasteiger partial charge in [0.1, 0.15) is 11.9 Å². The van der Waals surface area contributed by atoms with Crippen molar-refractivity contribution in [3.8, 4) is 5.75 Å². The topological polar surface area (TPSA) is 24.5 Å². The van der Waals surface area contributed by atoms with Gasteiger partial charge in [0.05, 0.1) is 7.85 Å². The van der Waals surface area contributed by atoms with E-state index in [0.29, 0.717) is 18.3 Å². The SMILES string of the molecule is [B]CCc1ccc(OC2CN(CC(C)C(=C)NCCCC)C2)c(C)c1. The van der Waals surface area contributed by atoms with Crippen molar-refractivity contribution in [1.29, 1.82) is 0 Å². The Kier molecular flexibility index (Phi) is 7.89. The molecule has 1 N–H and O–H groups in total. The van der Waals surface area contributed by atoms with Gasteiger partial charge in [0, 0.05) is 37.8 Å². The van der Waals surface area contributed by atoms with Crippen LogP contribution < -0.4 is 10.1 Å². The Bertz CT molecular complexity index is 555. The predicted octanol–water partition coefficient (Wildman–Crippen LogP) is 3.73. The minimum absolute atomic E-state index is 0.299. The summed E-state index contributed by atoms with van der Waals surface area (Å²) in [6.07, 6.45) is 4.33. The number of likely N-dealkylation sites (tertiary alicyclic amines) is 1. The van der Waals surface area contributed by atoms with Gasteiger partial charge < -0.3 is 10.1 Å². The standard InChI is InChI=1S/C21H33BN2O/c1-5-6-11-23-18(4)17(3)13-24-14-20(15-24)25-21-8-7-19(9-10-22)12-16(21)2/h7-8,12,17,20,23H,4-6,9-11,13-15H2,1-3H3. The van der Waals surface area contributed by atoms with Crippen molar-refractivity contribution in [2.45, 2.75) is 52.5 Å². The van der Waals surface area contributed by atoms with E-state index in [-0.39, 0.29) is 0 Å². The van der Waals surface area contributed by atoms with Gasteiger partial charge in [-0.3, -0.25) is 4.90 Å². The van der Waals surface area contributed by atoms with Gasteiger partial charge in [0.15, 0.2) is 0 Å². The van der Waals surface area contributed by atoms with Crippen LogP contribution in [0.5, 0.6) is 5.75 Å². The number of aryl methyl sites for hydroxylation is 2. The molecule has 1 unspecified atom stereocenters. The van der Waals surface area contributed by atoms with Crippen LogP contribution in [0.4, 0.5) is 0 Å². The summed E-state index contributed by atoms with van der Waals surface area (Å²) >= 11 is 0. The van der Waals surface area contributed by atoms with E-state index in [0.717, 1.165) is 44.0 Å². The van der Waals surface area contributed by atoms with Crippen molar-refractivity contribution in [3.05, 3.63) is 41.6 Å². The molecule has 0 amide bonds. The van der Waals surface area contributed by atoms with Gasteiger partial charge in [0.2, 0.25) is 0 Å². The first-order valence-corrected chi connectivity index (χ1v) is 9.64. The summed E-state index contributed by atoms with van der Waals surface area (Å²) in [7, 11) is 5.62. The van der Waals surface area contributed by atoms with Crippen molar-refractivity contribution in [1.82, 2.24) is 10.2 Å². The van der Waals surface area contributed by atoms with E-state index < -0.39 is 0 Å². The molecule has 1 fully saturated rings. The number of benzene rings is 1. The van der Waals surface area contributed by atoms with Gasteiger partial charge >= 0.3 is 0 Å². The largest absolute Gasteiger partial charge is 0.487 e. The first-order chi connectivity index (χ1) is 12.0. The molecule has 0 aliphatic carbocycles. The molecule has 25 heavy (non-hydrogen) atoms. The highest BCUT2D eigenvalue weighted by Crippen LogP contribution is 2.24. The van der Waals surface area contributed by atoms with Crippen LogP contribution >= 0.6 is 0 Å². The van der Waals surface area contributed by atoms with Crippen molar-refractivity contribution in [2.75, 3.05) is 26.2 Å². The van der Waals surface area contributed by atoms with E-state index in [1.54, 1.807) is 0 Å². The summed E-state index contributed by atoms with van der Waals surface area (Å²) in [6.45, 7) is 14.8. The Labute approximate surface area is 155 Å². The average molecular weight is 340 g/mol. The molecule has 0 spiro atoms. The Balaban J connectivity index is 1.71. The Hall–Kier alpha value is -1.42. The molecule has 2 rings (SSSR count). The lowest BCUT2D eigenvalue weighted by atomic mass is 9.96. The van der Waals surface area contributed by atoms with Crippen LogP contribution in [0.25, 0.3) is 0 Å². The van der Waals surface area contributed by atoms with Gasteiger partial charge in [-0.25, -0.2) is 0 Å². The molecule has 136 valence electrons. The molecule has 1 heterocycles. The van der Waals surface area contributed by atoms with Crippen molar-refractivity contribution < 1.29 is 4.74 Å². The highest BCUT2D eigenvalue weighted by Gasteiger charge is 2.30. The lowest BCUT2D eigenvalue weighted by Crippen LogP contribution is -2.55. The third kappa shape index (κ3) is 6.11. The lowest BCUT2D eigenvalue weighted by Gasteiger charge is -2.40. The van der Waals surface area contributed by atoms with Crippen LogP contribution in [0, 0.1) is 12.8 Å². The molecule has 0 saturated carbocycles. The summed E-state index contributed by atoms with van der Waals surface area (Å²) in [6, 6.07) is 6.40. The van der Waals surface area contributed by atoms with Gasteiger partial charge in [-0.15, -0.1) is 0 Å². The lowest BCUT2D eigenvalue weighted by molar-refractivity contribution is 0.0135. The molecule has 1 aromatic carbocycles. The minimum Gasteiger partial charge on any atom is -0.487 e. The molecule has 3 nitrogen and oxygen atoms in total. The molecule has 2 radical (unpaired) electrons. The number of hydrogen-bond donors (Lipinski definition) is 1. The van der Waals surface area contributed by atoms with E-state index in [1.165, 1.54) is 24.0 Å². The molecule has 1 saturated heterocycles. The summed E-state index contributed by atoms with van der Waals surface area (Å²) in [5, 5.41) is 3.45. The number of nitrogens with zero attached hydrogens (tertiary/aromatic N) is 1. The van der Waals surface area contributed by atoms with E-state index in [1.807, 2.05) is 0 Å². The van der Waals surface area contributed by atoms with Crippen LogP contribution in [0.15, 0.2) is 30.5 Å². The summed E-state index contributed by atoms with van der Waals surface area (Å²) in [4.78, 5) is 2.44. The third-order valence-electron chi connectivity index (χ3n) is 4.90. The Morgan fingerprint density at radius 1 is 1.44 bits per heavy atom. The van der Waals surface area contributed by atoms with Crippen LogP contribution in [0.3, 0.4) is 0 Å². The van der Waals surface area contributed by atoms with Crippen LogP contribution in [0.1, 0.15) is 37.8 Å². The molecule has 0 aromatic heterocycles. The predicted molar refractivity (Wildman–Crippen MR) is 108 cm³/mol. The molecule has 0 bridgehead atoms. The highest BCUT2D eigenvalue weighted by atomic mass is 16.5. The van der Waals surface area contributed by atoms with E-state index in [2.05, 4.69) is 55.8 Å². The summed E-state index contributed by atoms with van der Waals surface area (Å²) < 4.78 is 6.15. The molecular formula is C21H33BN2O. The number of nitrogens with one attached hydrogen (secondary N) is 1. The summed E-state index contributed by atoms with van der Waals surface area (Å²) in [5.41, 5.74) is 3.64. The van der Waals surface area contributed by atoms with E-state index >= 15 is 0 Å². The maximum atomic E-state index is 6.15. The number of hydrogen-bond acceptors (Lipinski definition) is 3. The van der Waals surface area contributed by atoms with Gasteiger partial charge in [-0.05, 0) is 37.0 Å². The molecule has 1 atom stereocenters. The monoisotopic (exact) mass is 340 g/mol. The summed E-state index contributed by atoms with van der Waals surface area (Å²) in [5.74, 6) is 1.47. The number of unbranched alkanes of at least 4 members (excludes halogenated alkanes) is 1. The van der Waals surface area contributed by atoms with Gasteiger partial charge in [-0.2, -0.15) is 0 Å². The Morgan fingerprint density at radius 2 is 2.20 bits per heavy atom. The van der Waals surface area contributed by atoms with Crippen molar-refractivity contribution in [2.24, 2.45) is 5.92 Å². The minimum atomic E-state index is 0.299. The molecule has 4 heteroatoms. The quantitative estimate of drug-likeness (QED) is 0.491. The number of ether oxygens (including phenoxy) is 1. The zero-order chi connectivity index (χ0) is 18.2. The first-order valence-electron chi connectivity index (χ1n) is 9.64. The van der Waals surface area contributed by atoms with E-state index in [4.69, 9.17) is 12.6 Å². The van der Waals surface area contributed by atoms with Crippen LogP contribution in [0.2, 0.25) is 6.32 Å². The fourth-order valence-corrected chi connectivity index (χ4v) is 3.19. The van der Waals surface area contributed by atoms with Crippen molar-refractivity contribution in [3.63, 3.8) is 0 Å². The normalized spacial score (nSPS) is 16.3. The zero-order valence-corrected chi connectivity index (χ0v) is 16.2. The first kappa shape index (κ1) is 19.9. The van der Waals surface area contributed by atoms with Crippen LogP contribution in [-0.2, 0) is 6.42 Å². The Morgan fingerprint density at radius 3 is 2.84 bits per heavy atom. The highest BCUT2D eigenvalue weighted by molar-refractivity contribution is 6.08. The maximum absolute atomic E-state index is 6.15. The van der Waals surface area contributed by atoms with Crippen LogP contribution in [-0.4, -0.2) is 45.0 Å². The molecule has 1 aromatic rings. The zero-order valence-electron chi connectivity index (χ0n) is 16.2. The molecule has 1 aliphatic heterocycles. The molecular weight excluding hydrogens is 307 g/mol. The second-order valence-corrected chi connectivity index (χ2v) is 7.30. The smallest absolute Gasteiger partial charge is 0.124 e. The fraction of sp³-hybridized carbons (Fsp3) is 0.619. The van der Waals surface area contributed by atoms with Gasteiger partial charge in [-0.1, -0.05) is 45.3 Å². The third-order valence-corrected chi connectivity index (χ3v) is 4.90. The van der Waals surface area contributed by atoms with Crippen molar-refractivity contribution >= 4 is 7.85 Å². The van der Waals surface area contributed by atoms with E-state index in [9.17, 15) is 0 Å².